The third kappa shape index (κ3) is 4.85. The lowest BCUT2D eigenvalue weighted by Crippen LogP contribution is -2.24. The molecule has 0 spiro atoms. The standard InChI is InChI=1S/C21H22N2O6S/c1-14(20(25)15-9-11-16(28-2)12-10-15)29-19(24)8-5-13-22-21-17-6-3-4-7-18(17)30(26,27)23-21/h3-4,6-7,9-12,14H,5,8,13H2,1-2H3,(H,22,23)/t14-/m1/s1. The Bertz CT molecular complexity index is 1080. The molecule has 2 aromatic carbocycles. The molecule has 0 unspecified atom stereocenters. The van der Waals surface area contributed by atoms with E-state index in [1.54, 1.807) is 42.5 Å². The van der Waals surface area contributed by atoms with Crippen LogP contribution in [0.5, 0.6) is 5.75 Å². The summed E-state index contributed by atoms with van der Waals surface area (Å²) in [6.07, 6.45) is -0.494. The van der Waals surface area contributed by atoms with Crippen molar-refractivity contribution in [3.8, 4) is 5.75 Å². The summed E-state index contributed by atoms with van der Waals surface area (Å²) in [5.74, 6) is 0.0761. The van der Waals surface area contributed by atoms with Gasteiger partial charge in [0.15, 0.2) is 6.10 Å². The number of ketones is 1. The molecule has 1 aliphatic rings. The zero-order valence-corrected chi connectivity index (χ0v) is 17.4. The minimum Gasteiger partial charge on any atom is -0.497 e. The van der Waals surface area contributed by atoms with E-state index in [0.717, 1.165) is 0 Å². The largest absolute Gasteiger partial charge is 0.497 e. The number of carbonyl (C=O) groups is 2. The van der Waals surface area contributed by atoms with Crippen molar-refractivity contribution in [2.75, 3.05) is 13.7 Å². The number of benzene rings is 2. The molecule has 0 saturated carbocycles. The maximum atomic E-state index is 12.4. The van der Waals surface area contributed by atoms with Gasteiger partial charge in [0.2, 0.25) is 5.78 Å². The van der Waals surface area contributed by atoms with E-state index < -0.39 is 22.1 Å². The smallest absolute Gasteiger partial charge is 0.306 e. The molecule has 8 nitrogen and oxygen atoms in total. The van der Waals surface area contributed by atoms with Crippen molar-refractivity contribution in [2.45, 2.75) is 30.8 Å². The number of esters is 1. The number of methoxy groups -OCH3 is 1. The van der Waals surface area contributed by atoms with Crippen LogP contribution in [0.15, 0.2) is 58.4 Å². The Morgan fingerprint density at radius 2 is 1.80 bits per heavy atom. The molecule has 0 aromatic heterocycles. The number of sulfonamides is 1. The second-order valence-electron chi connectivity index (χ2n) is 6.66. The number of aliphatic imine (C=N–C) groups is 1. The molecule has 9 heteroatoms. The van der Waals surface area contributed by atoms with Gasteiger partial charge in [-0.25, -0.2) is 8.42 Å². The van der Waals surface area contributed by atoms with Crippen LogP contribution < -0.4 is 9.46 Å². The molecule has 158 valence electrons. The highest BCUT2D eigenvalue weighted by molar-refractivity contribution is 7.90. The highest BCUT2D eigenvalue weighted by Gasteiger charge is 2.29. The number of Topliss-reactive ketones (excluding diaryl/α,β-unsaturated/α-hetero) is 1. The quantitative estimate of drug-likeness (QED) is 0.391. The molecule has 0 bridgehead atoms. The number of carbonyl (C=O) groups excluding carboxylic acids is 2. The molecule has 0 fully saturated rings. The van der Waals surface area contributed by atoms with E-state index in [-0.39, 0.29) is 29.5 Å². The molecule has 0 amide bonds. The predicted molar refractivity (Wildman–Crippen MR) is 110 cm³/mol. The molecule has 0 aliphatic carbocycles. The molecule has 3 rings (SSSR count). The summed E-state index contributed by atoms with van der Waals surface area (Å²) in [4.78, 5) is 28.8. The zero-order chi connectivity index (χ0) is 21.7. The Balaban J connectivity index is 1.49. The van der Waals surface area contributed by atoms with E-state index in [9.17, 15) is 18.0 Å². The maximum absolute atomic E-state index is 12.4. The Hall–Kier alpha value is -3.20. The normalized spacial score (nSPS) is 16.4. The fraction of sp³-hybridized carbons (Fsp3) is 0.286. The highest BCUT2D eigenvalue weighted by Crippen LogP contribution is 2.22. The molecular formula is C21H22N2O6S. The summed E-state index contributed by atoms with van der Waals surface area (Å²) in [6.45, 7) is 1.76. The van der Waals surface area contributed by atoms with Gasteiger partial charge in [-0.1, -0.05) is 12.1 Å². The van der Waals surface area contributed by atoms with Gasteiger partial charge in [0.1, 0.15) is 11.6 Å². The summed E-state index contributed by atoms with van der Waals surface area (Å²) in [5.41, 5.74) is 0.938. The second-order valence-corrected chi connectivity index (χ2v) is 8.31. The lowest BCUT2D eigenvalue weighted by atomic mass is 10.1. The van der Waals surface area contributed by atoms with E-state index >= 15 is 0 Å². The van der Waals surface area contributed by atoms with Crippen molar-refractivity contribution in [1.29, 1.82) is 0 Å². The van der Waals surface area contributed by atoms with Gasteiger partial charge in [-0.05, 0) is 49.7 Å². The Morgan fingerprint density at radius 1 is 1.10 bits per heavy atom. The molecule has 2 aromatic rings. The van der Waals surface area contributed by atoms with Crippen LogP contribution in [0.3, 0.4) is 0 Å². The minimum absolute atomic E-state index is 0.0609. The van der Waals surface area contributed by atoms with E-state index in [0.29, 0.717) is 23.3 Å². The molecule has 1 atom stereocenters. The summed E-state index contributed by atoms with van der Waals surface area (Å²) in [7, 11) is -2.05. The lowest BCUT2D eigenvalue weighted by molar-refractivity contribution is -0.146. The van der Waals surface area contributed by atoms with Crippen LogP contribution in [-0.4, -0.2) is 45.8 Å². The number of rotatable bonds is 8. The van der Waals surface area contributed by atoms with Gasteiger partial charge in [0, 0.05) is 24.1 Å². The van der Waals surface area contributed by atoms with E-state index in [4.69, 9.17) is 9.47 Å². The van der Waals surface area contributed by atoms with Gasteiger partial charge >= 0.3 is 5.97 Å². The molecule has 1 aliphatic heterocycles. The van der Waals surface area contributed by atoms with Gasteiger partial charge in [-0.15, -0.1) is 0 Å². The first-order chi connectivity index (χ1) is 14.3. The average Bonchev–Trinajstić information content (AvgIpc) is 3.01. The van der Waals surface area contributed by atoms with Crippen LogP contribution in [0.25, 0.3) is 0 Å². The molecule has 0 radical (unpaired) electrons. The fourth-order valence-corrected chi connectivity index (χ4v) is 4.22. The number of ether oxygens (including phenoxy) is 2. The molecule has 1 heterocycles. The topological polar surface area (TPSA) is 111 Å². The van der Waals surface area contributed by atoms with Crippen LogP contribution in [0.2, 0.25) is 0 Å². The number of nitrogens with one attached hydrogen (secondary N) is 1. The summed E-state index contributed by atoms with van der Waals surface area (Å²) in [6, 6.07) is 13.1. The maximum Gasteiger partial charge on any atom is 0.306 e. The van der Waals surface area contributed by atoms with E-state index in [2.05, 4.69) is 9.71 Å². The van der Waals surface area contributed by atoms with Crippen molar-refractivity contribution in [2.24, 2.45) is 4.99 Å². The zero-order valence-electron chi connectivity index (χ0n) is 16.6. The van der Waals surface area contributed by atoms with Crippen molar-refractivity contribution in [3.05, 3.63) is 59.7 Å². The van der Waals surface area contributed by atoms with Crippen LogP contribution in [0.1, 0.15) is 35.7 Å². The number of hydrogen-bond acceptors (Lipinski definition) is 7. The van der Waals surface area contributed by atoms with Crippen LogP contribution in [-0.2, 0) is 19.6 Å². The predicted octanol–water partition coefficient (Wildman–Crippen LogP) is 2.33. The van der Waals surface area contributed by atoms with Crippen molar-refractivity contribution >= 4 is 27.6 Å². The third-order valence-corrected chi connectivity index (χ3v) is 5.92. The molecule has 0 saturated heterocycles. The average molecular weight is 430 g/mol. The SMILES string of the molecule is COc1ccc(C(=O)[C@@H](C)OC(=O)CCCN=C2NS(=O)(=O)c3ccccc32)cc1. The van der Waals surface area contributed by atoms with E-state index in [1.807, 2.05) is 0 Å². The Labute approximate surface area is 175 Å². The van der Waals surface area contributed by atoms with Gasteiger partial charge in [0.25, 0.3) is 10.0 Å². The number of amidine groups is 1. The minimum atomic E-state index is -3.58. The number of nitrogens with zero attached hydrogens (tertiary/aromatic N) is 1. The summed E-state index contributed by atoms with van der Waals surface area (Å²) >= 11 is 0. The number of hydrogen-bond donors (Lipinski definition) is 1. The van der Waals surface area contributed by atoms with Gasteiger partial charge in [-0.3, -0.25) is 19.3 Å². The summed E-state index contributed by atoms with van der Waals surface area (Å²) < 4.78 is 36.7. The van der Waals surface area contributed by atoms with Crippen LogP contribution >= 0.6 is 0 Å². The Morgan fingerprint density at radius 3 is 2.50 bits per heavy atom. The highest BCUT2D eigenvalue weighted by atomic mass is 32.2. The van der Waals surface area contributed by atoms with Crippen molar-refractivity contribution in [1.82, 2.24) is 4.72 Å². The summed E-state index contributed by atoms with van der Waals surface area (Å²) in [5, 5.41) is 0. The monoisotopic (exact) mass is 430 g/mol. The number of fused-ring (bicyclic) bond motifs is 1. The Kier molecular flexibility index (Phi) is 6.51. The van der Waals surface area contributed by atoms with Crippen LogP contribution in [0.4, 0.5) is 0 Å². The van der Waals surface area contributed by atoms with Crippen molar-refractivity contribution in [3.63, 3.8) is 0 Å². The second kappa shape index (κ2) is 9.08. The lowest BCUT2D eigenvalue weighted by Gasteiger charge is -2.12. The fourth-order valence-electron chi connectivity index (χ4n) is 2.97. The van der Waals surface area contributed by atoms with Crippen molar-refractivity contribution < 1.29 is 27.5 Å². The first-order valence-corrected chi connectivity index (χ1v) is 10.8. The molecule has 1 N–H and O–H groups in total. The molecular weight excluding hydrogens is 408 g/mol. The first kappa shape index (κ1) is 21.5. The molecule has 30 heavy (non-hydrogen) atoms. The van der Waals surface area contributed by atoms with Gasteiger partial charge < -0.3 is 9.47 Å². The third-order valence-electron chi connectivity index (χ3n) is 4.52. The van der Waals surface area contributed by atoms with Gasteiger partial charge in [-0.2, -0.15) is 0 Å². The van der Waals surface area contributed by atoms with E-state index in [1.165, 1.54) is 20.1 Å². The van der Waals surface area contributed by atoms with Crippen LogP contribution in [0, 0.1) is 0 Å². The first-order valence-electron chi connectivity index (χ1n) is 9.36. The van der Waals surface area contributed by atoms with Gasteiger partial charge in [0.05, 0.1) is 12.0 Å².